The fourth-order valence-corrected chi connectivity index (χ4v) is 1.45. The van der Waals surface area contributed by atoms with Gasteiger partial charge in [-0.1, -0.05) is 23.7 Å². The van der Waals surface area contributed by atoms with Crippen molar-refractivity contribution >= 4 is 23.1 Å². The molecule has 1 aromatic carbocycles. The molecule has 0 unspecified atom stereocenters. The van der Waals surface area contributed by atoms with Crippen molar-refractivity contribution < 1.29 is 13.5 Å². The van der Waals surface area contributed by atoms with E-state index in [0.29, 0.717) is 5.69 Å². The molecule has 0 radical (unpaired) electrons. The Hall–Kier alpha value is -1.95. The highest BCUT2D eigenvalue weighted by Gasteiger charge is 2.10. The van der Waals surface area contributed by atoms with E-state index in [9.17, 15) is 8.78 Å². The van der Waals surface area contributed by atoms with E-state index in [1.807, 2.05) is 0 Å². The fourth-order valence-electron chi connectivity index (χ4n) is 1.30. The maximum atomic E-state index is 12.2. The summed E-state index contributed by atoms with van der Waals surface area (Å²) in [7, 11) is 0. The summed E-state index contributed by atoms with van der Waals surface area (Å²) >= 11 is 5.81. The molecule has 0 bridgehead atoms. The zero-order valence-corrected chi connectivity index (χ0v) is 9.73. The Bertz CT molecular complexity index is 539. The zero-order chi connectivity index (χ0) is 13.0. The van der Waals surface area contributed by atoms with E-state index in [-0.39, 0.29) is 16.7 Å². The van der Waals surface area contributed by atoms with Crippen LogP contribution in [-0.4, -0.2) is 16.6 Å². The van der Waals surface area contributed by atoms with Crippen molar-refractivity contribution in [3.63, 3.8) is 0 Å². The smallest absolute Gasteiger partial charge is 0.387 e. The summed E-state index contributed by atoms with van der Waals surface area (Å²) in [5.41, 5.74) is 0.334. The average molecular weight is 272 g/mol. The Balaban J connectivity index is 2.26. The van der Waals surface area contributed by atoms with Crippen molar-refractivity contribution in [1.29, 1.82) is 0 Å². The molecule has 4 nitrogen and oxygen atoms in total. The second-order valence-corrected chi connectivity index (χ2v) is 3.55. The molecular weight excluding hydrogens is 264 g/mol. The minimum atomic E-state index is -2.90. The van der Waals surface area contributed by atoms with Crippen molar-refractivity contribution in [3.8, 4) is 5.75 Å². The molecule has 0 amide bonds. The molecule has 7 heteroatoms. The van der Waals surface area contributed by atoms with Gasteiger partial charge in [0.25, 0.3) is 0 Å². The Labute approximate surface area is 107 Å². The Morgan fingerprint density at radius 2 is 1.89 bits per heavy atom. The first-order valence-electron chi connectivity index (χ1n) is 4.94. The third-order valence-electron chi connectivity index (χ3n) is 2.01. The summed E-state index contributed by atoms with van der Waals surface area (Å²) in [6.45, 7) is -2.90. The van der Waals surface area contributed by atoms with Gasteiger partial charge in [0.1, 0.15) is 5.75 Å². The van der Waals surface area contributed by atoms with E-state index in [4.69, 9.17) is 11.6 Å². The highest BCUT2D eigenvalue weighted by molar-refractivity contribution is 6.31. The summed E-state index contributed by atoms with van der Waals surface area (Å²) in [6.07, 6.45) is 2.86. The normalized spacial score (nSPS) is 10.4. The van der Waals surface area contributed by atoms with Crippen LogP contribution >= 0.6 is 11.6 Å². The average Bonchev–Trinajstić information content (AvgIpc) is 2.34. The number of hydrogen-bond acceptors (Lipinski definition) is 4. The molecular formula is C11H8ClF2N3O. The SMILES string of the molecule is FC(F)Oc1ccccc1Nc1nccnc1Cl. The third-order valence-corrected chi connectivity index (χ3v) is 2.29. The number of hydrogen-bond donors (Lipinski definition) is 1. The first-order valence-corrected chi connectivity index (χ1v) is 5.32. The number of alkyl halides is 2. The first kappa shape index (κ1) is 12.5. The third kappa shape index (κ3) is 3.04. The van der Waals surface area contributed by atoms with Gasteiger partial charge in [-0.15, -0.1) is 0 Å². The van der Waals surface area contributed by atoms with Crippen LogP contribution in [0.3, 0.4) is 0 Å². The molecule has 1 heterocycles. The summed E-state index contributed by atoms with van der Waals surface area (Å²) < 4.78 is 28.8. The Morgan fingerprint density at radius 1 is 1.17 bits per heavy atom. The number of benzene rings is 1. The van der Waals surface area contributed by atoms with E-state index in [1.165, 1.54) is 18.5 Å². The molecule has 1 aromatic heterocycles. The second kappa shape index (κ2) is 5.59. The lowest BCUT2D eigenvalue weighted by atomic mass is 10.3. The number of nitrogens with zero attached hydrogens (tertiary/aromatic N) is 2. The quantitative estimate of drug-likeness (QED) is 0.925. The van der Waals surface area contributed by atoms with E-state index in [1.54, 1.807) is 18.2 Å². The number of halogens is 3. The van der Waals surface area contributed by atoms with Gasteiger partial charge in [-0.3, -0.25) is 0 Å². The summed E-state index contributed by atoms with van der Waals surface area (Å²) in [4.78, 5) is 7.76. The monoisotopic (exact) mass is 271 g/mol. The summed E-state index contributed by atoms with van der Waals surface area (Å²) in [5, 5.41) is 2.93. The number of nitrogens with one attached hydrogen (secondary N) is 1. The van der Waals surface area contributed by atoms with Crippen LogP contribution < -0.4 is 10.1 Å². The van der Waals surface area contributed by atoms with Crippen molar-refractivity contribution in [2.24, 2.45) is 0 Å². The lowest BCUT2D eigenvalue weighted by Gasteiger charge is -2.12. The van der Waals surface area contributed by atoms with Gasteiger partial charge in [0.2, 0.25) is 0 Å². The summed E-state index contributed by atoms with van der Waals surface area (Å²) in [5.74, 6) is 0.277. The van der Waals surface area contributed by atoms with Gasteiger partial charge in [0, 0.05) is 12.4 Å². The Morgan fingerprint density at radius 3 is 2.61 bits per heavy atom. The van der Waals surface area contributed by atoms with Crippen molar-refractivity contribution in [2.45, 2.75) is 6.61 Å². The number of aromatic nitrogens is 2. The molecule has 0 saturated carbocycles. The van der Waals surface area contributed by atoms with Crippen LogP contribution in [-0.2, 0) is 0 Å². The predicted molar refractivity (Wildman–Crippen MR) is 63.4 cm³/mol. The predicted octanol–water partition coefficient (Wildman–Crippen LogP) is 3.48. The van der Waals surface area contributed by atoms with Gasteiger partial charge in [-0.25, -0.2) is 9.97 Å². The molecule has 0 aliphatic heterocycles. The molecule has 0 aliphatic rings. The van der Waals surface area contributed by atoms with Gasteiger partial charge in [0.15, 0.2) is 11.0 Å². The van der Waals surface area contributed by atoms with Gasteiger partial charge >= 0.3 is 6.61 Å². The lowest BCUT2D eigenvalue weighted by molar-refractivity contribution is -0.0493. The van der Waals surface area contributed by atoms with E-state index in [2.05, 4.69) is 20.0 Å². The second-order valence-electron chi connectivity index (χ2n) is 3.20. The van der Waals surface area contributed by atoms with Gasteiger partial charge in [-0.2, -0.15) is 8.78 Å². The molecule has 18 heavy (non-hydrogen) atoms. The van der Waals surface area contributed by atoms with Crippen LogP contribution in [0.1, 0.15) is 0 Å². The fraction of sp³-hybridized carbons (Fsp3) is 0.0909. The maximum absolute atomic E-state index is 12.2. The highest BCUT2D eigenvalue weighted by atomic mass is 35.5. The van der Waals surface area contributed by atoms with E-state index >= 15 is 0 Å². The van der Waals surface area contributed by atoms with E-state index in [0.717, 1.165) is 0 Å². The lowest BCUT2D eigenvalue weighted by Crippen LogP contribution is -2.05. The number of anilines is 2. The van der Waals surface area contributed by atoms with Crippen LogP contribution in [0.2, 0.25) is 5.15 Å². The van der Waals surface area contributed by atoms with Gasteiger partial charge in [0.05, 0.1) is 5.69 Å². The van der Waals surface area contributed by atoms with Crippen molar-refractivity contribution in [3.05, 3.63) is 41.8 Å². The molecule has 0 aliphatic carbocycles. The minimum absolute atomic E-state index is 0.00854. The largest absolute Gasteiger partial charge is 0.433 e. The molecule has 1 N–H and O–H groups in total. The van der Waals surface area contributed by atoms with Crippen LogP contribution in [0, 0.1) is 0 Å². The van der Waals surface area contributed by atoms with Crippen molar-refractivity contribution in [2.75, 3.05) is 5.32 Å². The van der Waals surface area contributed by atoms with Crippen LogP contribution in [0.15, 0.2) is 36.7 Å². The molecule has 2 aromatic rings. The molecule has 0 atom stereocenters. The maximum Gasteiger partial charge on any atom is 0.387 e. The van der Waals surface area contributed by atoms with E-state index < -0.39 is 6.61 Å². The highest BCUT2D eigenvalue weighted by Crippen LogP contribution is 2.29. The zero-order valence-electron chi connectivity index (χ0n) is 8.98. The minimum Gasteiger partial charge on any atom is -0.433 e. The van der Waals surface area contributed by atoms with Crippen LogP contribution in [0.5, 0.6) is 5.75 Å². The molecule has 0 spiro atoms. The molecule has 2 rings (SSSR count). The van der Waals surface area contributed by atoms with Gasteiger partial charge in [-0.05, 0) is 12.1 Å². The Kier molecular flexibility index (Phi) is 3.88. The topological polar surface area (TPSA) is 47.0 Å². The summed E-state index contributed by atoms with van der Waals surface area (Å²) in [6, 6.07) is 6.24. The molecule has 0 fully saturated rings. The first-order chi connectivity index (χ1) is 8.66. The molecule has 0 saturated heterocycles. The van der Waals surface area contributed by atoms with Crippen LogP contribution in [0.25, 0.3) is 0 Å². The number of rotatable bonds is 4. The molecule has 94 valence electrons. The van der Waals surface area contributed by atoms with Crippen LogP contribution in [0.4, 0.5) is 20.3 Å². The standard InChI is InChI=1S/C11H8ClF2N3O/c12-9-10(16-6-5-15-9)17-7-3-1-2-4-8(7)18-11(13)14/h1-6,11H,(H,16,17). The van der Waals surface area contributed by atoms with Crippen molar-refractivity contribution in [1.82, 2.24) is 9.97 Å². The van der Waals surface area contributed by atoms with Gasteiger partial charge < -0.3 is 10.1 Å². The number of ether oxygens (including phenoxy) is 1. The number of para-hydroxylation sites is 2.